The van der Waals surface area contributed by atoms with Crippen LogP contribution in [0.5, 0.6) is 0 Å². The first-order chi connectivity index (χ1) is 9.80. The topological polar surface area (TPSA) is 35.2 Å². The number of ether oxygens (including phenoxy) is 1. The Morgan fingerprint density at radius 3 is 2.14 bits per heavy atom. The molecular formula is C19H35NO. The highest BCUT2D eigenvalue weighted by Crippen LogP contribution is 2.47. The fraction of sp³-hybridized carbons (Fsp3) is 1.00. The van der Waals surface area contributed by atoms with Gasteiger partial charge in [-0.15, -0.1) is 0 Å². The molecule has 1 unspecified atom stereocenters. The molecule has 1 saturated heterocycles. The standard InChI is InChI=1S/C19H35NO/c1-17(2,3)15-6-11-18(20,12-7-15)14-16-8-13-19(21-16)9-4-5-10-19/h15-16H,4-14,20H2,1-3H3. The minimum Gasteiger partial charge on any atom is -0.372 e. The maximum Gasteiger partial charge on any atom is 0.0687 e. The molecule has 122 valence electrons. The van der Waals surface area contributed by atoms with Gasteiger partial charge in [-0.25, -0.2) is 0 Å². The van der Waals surface area contributed by atoms with Crippen molar-refractivity contribution in [2.24, 2.45) is 17.1 Å². The Morgan fingerprint density at radius 2 is 1.57 bits per heavy atom. The Labute approximate surface area is 131 Å². The van der Waals surface area contributed by atoms with Crippen molar-refractivity contribution in [3.8, 4) is 0 Å². The van der Waals surface area contributed by atoms with E-state index < -0.39 is 0 Å². The van der Waals surface area contributed by atoms with Crippen LogP contribution in [0.4, 0.5) is 0 Å². The van der Waals surface area contributed by atoms with Crippen molar-refractivity contribution >= 4 is 0 Å². The molecule has 0 aromatic carbocycles. The lowest BCUT2D eigenvalue weighted by atomic mass is 9.66. The van der Waals surface area contributed by atoms with Crippen molar-refractivity contribution in [1.82, 2.24) is 0 Å². The fourth-order valence-electron chi connectivity index (χ4n) is 5.14. The van der Waals surface area contributed by atoms with Crippen molar-refractivity contribution in [3.05, 3.63) is 0 Å². The van der Waals surface area contributed by atoms with Crippen LogP contribution in [0.25, 0.3) is 0 Å². The summed E-state index contributed by atoms with van der Waals surface area (Å²) in [5, 5.41) is 0. The van der Waals surface area contributed by atoms with E-state index in [0.717, 1.165) is 12.3 Å². The van der Waals surface area contributed by atoms with Crippen LogP contribution in [0.2, 0.25) is 0 Å². The van der Waals surface area contributed by atoms with E-state index in [2.05, 4.69) is 20.8 Å². The van der Waals surface area contributed by atoms with Crippen LogP contribution in [-0.2, 0) is 4.74 Å². The summed E-state index contributed by atoms with van der Waals surface area (Å²) in [6.45, 7) is 7.14. The van der Waals surface area contributed by atoms with Gasteiger partial charge in [-0.1, -0.05) is 33.6 Å². The van der Waals surface area contributed by atoms with Crippen molar-refractivity contribution in [1.29, 1.82) is 0 Å². The zero-order valence-corrected chi connectivity index (χ0v) is 14.4. The predicted molar refractivity (Wildman–Crippen MR) is 88.3 cm³/mol. The van der Waals surface area contributed by atoms with Crippen LogP contribution < -0.4 is 5.73 Å². The molecule has 0 aromatic rings. The largest absolute Gasteiger partial charge is 0.372 e. The van der Waals surface area contributed by atoms with Gasteiger partial charge in [0.2, 0.25) is 0 Å². The molecule has 3 rings (SSSR count). The van der Waals surface area contributed by atoms with E-state index in [1.165, 1.54) is 64.2 Å². The summed E-state index contributed by atoms with van der Waals surface area (Å²) in [4.78, 5) is 0. The average Bonchev–Trinajstić information content (AvgIpc) is 2.99. The lowest BCUT2D eigenvalue weighted by Crippen LogP contribution is -2.47. The second-order valence-electron chi connectivity index (χ2n) is 9.38. The van der Waals surface area contributed by atoms with Crippen LogP contribution in [0, 0.1) is 11.3 Å². The second kappa shape index (κ2) is 5.53. The van der Waals surface area contributed by atoms with Gasteiger partial charge in [-0.3, -0.25) is 0 Å². The molecule has 1 spiro atoms. The second-order valence-corrected chi connectivity index (χ2v) is 9.38. The lowest BCUT2D eigenvalue weighted by molar-refractivity contribution is -0.0500. The van der Waals surface area contributed by atoms with Crippen LogP contribution in [0.3, 0.4) is 0 Å². The number of rotatable bonds is 2. The molecule has 2 heteroatoms. The van der Waals surface area contributed by atoms with Crippen LogP contribution in [0.1, 0.15) is 91.4 Å². The van der Waals surface area contributed by atoms with Gasteiger partial charge in [0.25, 0.3) is 0 Å². The Hall–Kier alpha value is -0.0800. The predicted octanol–water partition coefficient (Wildman–Crippen LogP) is 4.80. The molecule has 2 N–H and O–H groups in total. The minimum atomic E-state index is 0.0521. The highest BCUT2D eigenvalue weighted by atomic mass is 16.5. The molecule has 3 aliphatic rings. The fourth-order valence-corrected chi connectivity index (χ4v) is 5.14. The smallest absolute Gasteiger partial charge is 0.0687 e. The number of hydrogen-bond acceptors (Lipinski definition) is 2. The van der Waals surface area contributed by atoms with E-state index in [1.807, 2.05) is 0 Å². The SMILES string of the molecule is CC(C)(C)C1CCC(N)(CC2CCC3(CCCC3)O2)CC1. The summed E-state index contributed by atoms with van der Waals surface area (Å²) < 4.78 is 6.49. The first-order valence-electron chi connectivity index (χ1n) is 9.27. The maximum absolute atomic E-state index is 6.75. The third-order valence-corrected chi connectivity index (χ3v) is 6.69. The summed E-state index contributed by atoms with van der Waals surface area (Å²) in [7, 11) is 0. The van der Waals surface area contributed by atoms with E-state index in [9.17, 15) is 0 Å². The first kappa shape index (κ1) is 15.8. The van der Waals surface area contributed by atoms with Crippen molar-refractivity contribution in [3.63, 3.8) is 0 Å². The highest BCUT2D eigenvalue weighted by Gasteiger charge is 2.45. The first-order valence-corrected chi connectivity index (χ1v) is 9.27. The number of hydrogen-bond donors (Lipinski definition) is 1. The van der Waals surface area contributed by atoms with Gasteiger partial charge in [0, 0.05) is 5.54 Å². The maximum atomic E-state index is 6.75. The molecule has 21 heavy (non-hydrogen) atoms. The highest BCUT2D eigenvalue weighted by molar-refractivity contribution is 4.98. The van der Waals surface area contributed by atoms with E-state index in [1.54, 1.807) is 0 Å². The molecule has 1 aliphatic heterocycles. The van der Waals surface area contributed by atoms with Gasteiger partial charge >= 0.3 is 0 Å². The molecule has 0 radical (unpaired) electrons. The Bertz CT molecular complexity index is 356. The zero-order valence-electron chi connectivity index (χ0n) is 14.4. The van der Waals surface area contributed by atoms with Gasteiger partial charge in [-0.2, -0.15) is 0 Å². The van der Waals surface area contributed by atoms with Gasteiger partial charge in [0.05, 0.1) is 11.7 Å². The summed E-state index contributed by atoms with van der Waals surface area (Å²) in [6, 6.07) is 0. The summed E-state index contributed by atoms with van der Waals surface area (Å²) in [5.74, 6) is 0.847. The molecule has 2 nitrogen and oxygen atoms in total. The van der Waals surface area contributed by atoms with Gasteiger partial charge < -0.3 is 10.5 Å². The van der Waals surface area contributed by atoms with Crippen LogP contribution in [0.15, 0.2) is 0 Å². The van der Waals surface area contributed by atoms with Crippen molar-refractivity contribution in [2.45, 2.75) is 109 Å². The van der Waals surface area contributed by atoms with Crippen molar-refractivity contribution < 1.29 is 4.74 Å². The molecular weight excluding hydrogens is 258 g/mol. The third-order valence-electron chi connectivity index (χ3n) is 6.69. The molecule has 2 saturated carbocycles. The molecule has 0 aromatic heterocycles. The Morgan fingerprint density at radius 1 is 0.952 bits per heavy atom. The Kier molecular flexibility index (Phi) is 4.16. The molecule has 1 heterocycles. The normalized spacial score (nSPS) is 40.0. The number of nitrogens with two attached hydrogens (primary N) is 1. The monoisotopic (exact) mass is 293 g/mol. The zero-order chi connectivity index (χ0) is 15.1. The van der Waals surface area contributed by atoms with E-state index in [-0.39, 0.29) is 11.1 Å². The quantitative estimate of drug-likeness (QED) is 0.793. The molecule has 0 bridgehead atoms. The Balaban J connectivity index is 1.52. The molecule has 3 fully saturated rings. The molecule has 0 amide bonds. The lowest BCUT2D eigenvalue weighted by Gasteiger charge is -2.43. The van der Waals surface area contributed by atoms with Crippen molar-refractivity contribution in [2.75, 3.05) is 0 Å². The van der Waals surface area contributed by atoms with Crippen LogP contribution in [-0.4, -0.2) is 17.2 Å². The van der Waals surface area contributed by atoms with E-state index >= 15 is 0 Å². The van der Waals surface area contributed by atoms with Gasteiger partial charge in [0.1, 0.15) is 0 Å². The van der Waals surface area contributed by atoms with E-state index in [0.29, 0.717) is 11.5 Å². The third kappa shape index (κ3) is 3.47. The summed E-state index contributed by atoms with van der Waals surface area (Å²) >= 11 is 0. The van der Waals surface area contributed by atoms with E-state index in [4.69, 9.17) is 10.5 Å². The average molecular weight is 293 g/mol. The van der Waals surface area contributed by atoms with Gasteiger partial charge in [-0.05, 0) is 69.1 Å². The van der Waals surface area contributed by atoms with Gasteiger partial charge in [0.15, 0.2) is 0 Å². The minimum absolute atomic E-state index is 0.0521. The summed E-state index contributed by atoms with van der Waals surface area (Å²) in [6.07, 6.45) is 14.4. The summed E-state index contributed by atoms with van der Waals surface area (Å²) in [5.41, 5.74) is 7.51. The molecule has 1 atom stereocenters. The molecule has 2 aliphatic carbocycles. The van der Waals surface area contributed by atoms with Crippen LogP contribution >= 0.6 is 0 Å².